The van der Waals surface area contributed by atoms with Crippen molar-refractivity contribution in [2.75, 3.05) is 26.4 Å². The van der Waals surface area contributed by atoms with Crippen molar-refractivity contribution in [1.82, 2.24) is 5.32 Å². The third-order valence-corrected chi connectivity index (χ3v) is 19.3. The van der Waals surface area contributed by atoms with Crippen molar-refractivity contribution < 1.29 is 89.4 Å². The molecule has 3 heterocycles. The molecule has 103 heavy (non-hydrogen) atoms. The van der Waals surface area contributed by atoms with Crippen molar-refractivity contribution in [2.24, 2.45) is 0 Å². The Balaban J connectivity index is 1.37. The second-order valence-electron chi connectivity index (χ2n) is 28.1. The van der Waals surface area contributed by atoms with Crippen molar-refractivity contribution in [2.45, 2.75) is 375 Å². The molecule has 1 amide bonds. The van der Waals surface area contributed by atoms with E-state index in [1.807, 2.05) is 6.08 Å². The lowest BCUT2D eigenvalue weighted by molar-refractivity contribution is -0.379. The van der Waals surface area contributed by atoms with Gasteiger partial charge in [0.25, 0.3) is 0 Å². The molecule has 0 aliphatic carbocycles. The normalized spacial score (nSPS) is 26.7. The van der Waals surface area contributed by atoms with Crippen molar-refractivity contribution >= 4 is 5.91 Å². The average Bonchev–Trinajstić information content (AvgIpc) is 0.781. The number of carbonyl (C=O) groups excluding carboxylic acids is 1. The molecule has 3 saturated heterocycles. The number of aliphatic hydroxyl groups excluding tert-OH is 11. The van der Waals surface area contributed by atoms with Gasteiger partial charge < -0.3 is 89.9 Å². The van der Waals surface area contributed by atoms with Gasteiger partial charge in [0, 0.05) is 6.42 Å². The molecule has 3 aliphatic heterocycles. The van der Waals surface area contributed by atoms with Gasteiger partial charge in [-0.3, -0.25) is 4.79 Å². The largest absolute Gasteiger partial charge is 0.394 e. The zero-order chi connectivity index (χ0) is 74.6. The van der Waals surface area contributed by atoms with Crippen LogP contribution in [0, 0.1) is 0 Å². The first-order valence-corrected chi connectivity index (χ1v) is 40.3. The first-order chi connectivity index (χ1) is 50.3. The van der Waals surface area contributed by atoms with Crippen LogP contribution in [0.1, 0.15) is 271 Å². The number of rotatable bonds is 62. The highest BCUT2D eigenvalue weighted by Crippen LogP contribution is 2.33. The molecule has 0 saturated carbocycles. The van der Waals surface area contributed by atoms with E-state index >= 15 is 0 Å². The summed E-state index contributed by atoms with van der Waals surface area (Å²) in [5.74, 6) is -0.285. The van der Waals surface area contributed by atoms with E-state index in [-0.39, 0.29) is 18.9 Å². The lowest BCUT2D eigenvalue weighted by Gasteiger charge is -2.48. The summed E-state index contributed by atoms with van der Waals surface area (Å²) in [6, 6.07) is -0.986. The molecule has 17 unspecified atom stereocenters. The highest BCUT2D eigenvalue weighted by Gasteiger charge is 2.54. The van der Waals surface area contributed by atoms with E-state index in [1.165, 1.54) is 128 Å². The van der Waals surface area contributed by atoms with Crippen LogP contribution in [0.5, 0.6) is 0 Å². The fraction of sp³-hybridized carbons (Fsp3) is 0.750. The third kappa shape index (κ3) is 43.1. The zero-order valence-corrected chi connectivity index (χ0v) is 63.3. The molecule has 3 fully saturated rings. The van der Waals surface area contributed by atoms with Crippen LogP contribution < -0.4 is 5.32 Å². The molecule has 3 aliphatic rings. The third-order valence-electron chi connectivity index (χ3n) is 19.3. The maximum Gasteiger partial charge on any atom is 0.220 e. The van der Waals surface area contributed by atoms with Gasteiger partial charge in [-0.05, 0) is 89.9 Å². The summed E-state index contributed by atoms with van der Waals surface area (Å²) in [6.45, 7) is 1.63. The van der Waals surface area contributed by atoms with E-state index in [0.717, 1.165) is 116 Å². The molecule has 0 radical (unpaired) electrons. The minimum atomic E-state index is -1.98. The van der Waals surface area contributed by atoms with Gasteiger partial charge in [-0.1, -0.05) is 296 Å². The van der Waals surface area contributed by atoms with Gasteiger partial charge in [-0.15, -0.1) is 0 Å². The highest BCUT2D eigenvalue weighted by molar-refractivity contribution is 5.76. The SMILES string of the molecule is CC/C=C\C/C=C\C/C=C\C/C=C\C/C=C\C/C=C\C/C=C\C/C=C\C/C=C\CCCCCCCCCCCC(=O)NC(COC1OC(CO)C(OC2OC(CO)C(OC3OC(CO)C(O)C(O)C3O)C(O)C2O)C(O)C1O)C(O)/C=C/CCCCCCCCCCCCCCCCCCCCC. The van der Waals surface area contributed by atoms with E-state index in [0.29, 0.717) is 6.42 Å². The summed E-state index contributed by atoms with van der Waals surface area (Å²) in [5.41, 5.74) is 0. The van der Waals surface area contributed by atoms with E-state index in [2.05, 4.69) is 129 Å². The molecule has 0 bridgehead atoms. The Labute approximate surface area is 620 Å². The molecule has 17 atom stereocenters. The summed E-state index contributed by atoms with van der Waals surface area (Å²) < 4.78 is 34.4. The van der Waals surface area contributed by atoms with Crippen LogP contribution >= 0.6 is 0 Å². The maximum atomic E-state index is 13.5. The predicted molar refractivity (Wildman–Crippen MR) is 410 cm³/mol. The molecule has 19 heteroatoms. The van der Waals surface area contributed by atoms with E-state index < -0.39 is 124 Å². The number of aliphatic hydroxyl groups is 11. The van der Waals surface area contributed by atoms with Crippen LogP contribution in [-0.4, -0.2) is 193 Å². The Morgan fingerprint density at radius 2 is 0.670 bits per heavy atom. The Morgan fingerprint density at radius 3 is 1.05 bits per heavy atom. The van der Waals surface area contributed by atoms with Gasteiger partial charge in [0.05, 0.1) is 38.6 Å². The molecule has 19 nitrogen and oxygen atoms in total. The number of allylic oxidation sites excluding steroid dienone is 19. The van der Waals surface area contributed by atoms with Crippen LogP contribution in [0.15, 0.2) is 122 Å². The van der Waals surface area contributed by atoms with E-state index in [4.69, 9.17) is 28.4 Å². The van der Waals surface area contributed by atoms with E-state index in [9.17, 15) is 61.0 Å². The first-order valence-electron chi connectivity index (χ1n) is 40.3. The number of carbonyl (C=O) groups is 1. The van der Waals surface area contributed by atoms with Gasteiger partial charge in [0.15, 0.2) is 18.9 Å². The van der Waals surface area contributed by atoms with Gasteiger partial charge in [0.2, 0.25) is 5.91 Å². The van der Waals surface area contributed by atoms with Crippen molar-refractivity contribution in [1.29, 1.82) is 0 Å². The number of ether oxygens (including phenoxy) is 6. The number of hydrogen-bond acceptors (Lipinski definition) is 18. The average molecular weight is 1460 g/mol. The topological polar surface area (TPSA) is 307 Å². The summed E-state index contributed by atoms with van der Waals surface area (Å²) >= 11 is 0. The van der Waals surface area contributed by atoms with Gasteiger partial charge >= 0.3 is 0 Å². The first kappa shape index (κ1) is 93.4. The number of amides is 1. The summed E-state index contributed by atoms with van der Waals surface area (Å²) in [4.78, 5) is 13.5. The maximum absolute atomic E-state index is 13.5. The lowest BCUT2D eigenvalue weighted by atomic mass is 9.96. The quantitative estimate of drug-likeness (QED) is 0.0199. The van der Waals surface area contributed by atoms with Crippen molar-refractivity contribution in [3.63, 3.8) is 0 Å². The summed E-state index contributed by atoms with van der Waals surface area (Å²) in [7, 11) is 0. The minimum Gasteiger partial charge on any atom is -0.394 e. The Bertz CT molecular complexity index is 2330. The molecule has 592 valence electrons. The molecule has 0 aromatic heterocycles. The molecule has 12 N–H and O–H groups in total. The molecular formula is C84H143NO18. The van der Waals surface area contributed by atoms with Crippen molar-refractivity contribution in [3.05, 3.63) is 122 Å². The molecule has 3 rings (SSSR count). The summed E-state index contributed by atoms with van der Waals surface area (Å²) in [6.07, 6.45) is 61.7. The van der Waals surface area contributed by atoms with Crippen LogP contribution in [-0.2, 0) is 33.2 Å². The summed E-state index contributed by atoms with van der Waals surface area (Å²) in [5, 5.41) is 121. The van der Waals surface area contributed by atoms with Crippen molar-refractivity contribution in [3.8, 4) is 0 Å². The Hall–Kier alpha value is -3.81. The second kappa shape index (κ2) is 63.2. The Kier molecular flexibility index (Phi) is 57.3. The monoisotopic (exact) mass is 1450 g/mol. The van der Waals surface area contributed by atoms with E-state index in [1.54, 1.807) is 6.08 Å². The second-order valence-corrected chi connectivity index (χ2v) is 28.1. The number of hydrogen-bond donors (Lipinski definition) is 12. The number of nitrogens with one attached hydrogen (secondary N) is 1. The van der Waals surface area contributed by atoms with Crippen LogP contribution in [0.2, 0.25) is 0 Å². The molecule has 0 spiro atoms. The predicted octanol–water partition coefficient (Wildman–Crippen LogP) is 13.5. The van der Waals surface area contributed by atoms with Gasteiger partial charge in [-0.2, -0.15) is 0 Å². The van der Waals surface area contributed by atoms with Crippen LogP contribution in [0.3, 0.4) is 0 Å². The fourth-order valence-electron chi connectivity index (χ4n) is 12.8. The molecule has 0 aromatic carbocycles. The Morgan fingerprint density at radius 1 is 0.359 bits per heavy atom. The highest BCUT2D eigenvalue weighted by atomic mass is 16.8. The van der Waals surface area contributed by atoms with Crippen LogP contribution in [0.4, 0.5) is 0 Å². The number of unbranched alkanes of at least 4 members (excludes halogenated alkanes) is 28. The van der Waals surface area contributed by atoms with Gasteiger partial charge in [-0.25, -0.2) is 0 Å². The zero-order valence-electron chi connectivity index (χ0n) is 63.3. The standard InChI is InChI=1S/C84H143NO18/c1-3-5-7-9-11-13-15-17-19-21-23-25-26-27-28-29-30-31-32-33-34-35-36-37-38-39-40-42-44-46-48-50-52-54-56-58-60-62-72(90)85-67(68(89)61-59-57-55-53-51-49-47-45-43-41-24-22-20-18-16-14-12-10-8-6-4-2)66-98-82-78(96)75(93)80(70(64-87)100-82)103-84-79(97)76(94)81(71(65-88)101-84)102-83-77(95)74(92)73(91)69(63-86)99-83/h5,7,11,13,17,19,23,25,27-28,30-31,33-34,36-37,39-40,59,61,67-71,73-84,86-89,91-97H,3-4,6,8-10,12,14-16,18,20-22,24,26,29,32,35,38,41-58,60,62-66H2,1-2H3,(H,85,90)/b7-5-,13-11-,19-17-,25-23-,28-27-,31-30-,34-33-,37-36-,40-39-,61-59+. The van der Waals surface area contributed by atoms with Crippen LogP contribution in [0.25, 0.3) is 0 Å². The minimum absolute atomic E-state index is 0.229. The van der Waals surface area contributed by atoms with Gasteiger partial charge in [0.1, 0.15) is 73.2 Å². The lowest BCUT2D eigenvalue weighted by Crippen LogP contribution is -2.66. The fourth-order valence-corrected chi connectivity index (χ4v) is 12.8. The smallest absolute Gasteiger partial charge is 0.220 e. The molecular weight excluding hydrogens is 1310 g/mol. The molecule has 0 aromatic rings.